The Kier molecular flexibility index (Phi) is 5.73. The topological polar surface area (TPSA) is 24.5 Å². The van der Waals surface area contributed by atoms with E-state index < -0.39 is 0 Å². The van der Waals surface area contributed by atoms with E-state index in [1.807, 2.05) is 0 Å². The van der Waals surface area contributed by atoms with Gasteiger partial charge in [-0.1, -0.05) is 6.92 Å². The third-order valence-corrected chi connectivity index (χ3v) is 3.09. The fraction of sp³-hybridized carbons (Fsp3) is 1.00. The van der Waals surface area contributed by atoms with Gasteiger partial charge in [0.15, 0.2) is 0 Å². The molecule has 96 valence electrons. The molecular weight excluding hydrogens is 200 g/mol. The lowest BCUT2D eigenvalue weighted by Crippen LogP contribution is -2.41. The maximum Gasteiger partial charge on any atom is 0.0752 e. The van der Waals surface area contributed by atoms with E-state index in [1.54, 1.807) is 0 Å². The Bertz CT molecular complexity index is 194. The summed E-state index contributed by atoms with van der Waals surface area (Å²) in [5.74, 6) is 0. The van der Waals surface area contributed by atoms with Gasteiger partial charge < -0.3 is 10.1 Å². The molecule has 0 amide bonds. The van der Waals surface area contributed by atoms with Crippen molar-refractivity contribution < 1.29 is 4.74 Å². The molecule has 1 unspecified atom stereocenters. The summed E-state index contributed by atoms with van der Waals surface area (Å²) in [7, 11) is 0. The summed E-state index contributed by atoms with van der Waals surface area (Å²) in [6.45, 7) is 14.0. The highest BCUT2D eigenvalue weighted by Crippen LogP contribution is 2.16. The second-order valence-corrected chi connectivity index (χ2v) is 5.37. The molecule has 0 aromatic heterocycles. The van der Waals surface area contributed by atoms with E-state index in [0.717, 1.165) is 19.7 Å². The first-order valence-electron chi connectivity index (χ1n) is 6.67. The largest absolute Gasteiger partial charge is 0.375 e. The minimum absolute atomic E-state index is 0.00556. The first kappa shape index (κ1) is 13.9. The van der Waals surface area contributed by atoms with Crippen molar-refractivity contribution in [3.63, 3.8) is 0 Å². The van der Waals surface area contributed by atoms with E-state index in [9.17, 15) is 0 Å². The number of hydrogen-bond donors (Lipinski definition) is 1. The van der Waals surface area contributed by atoms with Crippen LogP contribution in [0.1, 0.15) is 40.5 Å². The standard InChI is InChI=1S/C13H28N2O/c1-5-8-14-12-7-9-15(10-12)11-13(3,4)16-6-2/h12,14H,5-11H2,1-4H3. The van der Waals surface area contributed by atoms with Gasteiger partial charge in [0.05, 0.1) is 5.60 Å². The number of hydrogen-bond acceptors (Lipinski definition) is 3. The molecule has 0 saturated carbocycles. The number of likely N-dealkylation sites (tertiary alicyclic amines) is 1. The van der Waals surface area contributed by atoms with Crippen LogP contribution in [0.25, 0.3) is 0 Å². The van der Waals surface area contributed by atoms with Crippen molar-refractivity contribution in [3.8, 4) is 0 Å². The van der Waals surface area contributed by atoms with Gasteiger partial charge in [-0.25, -0.2) is 0 Å². The van der Waals surface area contributed by atoms with Crippen molar-refractivity contribution >= 4 is 0 Å². The fourth-order valence-electron chi connectivity index (χ4n) is 2.47. The first-order valence-corrected chi connectivity index (χ1v) is 6.67. The highest BCUT2D eigenvalue weighted by molar-refractivity contribution is 4.85. The maximum absolute atomic E-state index is 5.75. The zero-order valence-electron chi connectivity index (χ0n) is 11.4. The van der Waals surface area contributed by atoms with Crippen molar-refractivity contribution in [2.24, 2.45) is 0 Å². The molecule has 1 atom stereocenters. The van der Waals surface area contributed by atoms with E-state index in [1.165, 1.54) is 25.9 Å². The summed E-state index contributed by atoms with van der Waals surface area (Å²) in [4.78, 5) is 2.52. The van der Waals surface area contributed by atoms with Crippen molar-refractivity contribution in [2.45, 2.75) is 52.2 Å². The second kappa shape index (κ2) is 6.58. The van der Waals surface area contributed by atoms with E-state index in [0.29, 0.717) is 6.04 Å². The van der Waals surface area contributed by atoms with Gasteiger partial charge in [0.25, 0.3) is 0 Å². The third-order valence-electron chi connectivity index (χ3n) is 3.09. The molecule has 1 N–H and O–H groups in total. The zero-order valence-corrected chi connectivity index (χ0v) is 11.4. The monoisotopic (exact) mass is 228 g/mol. The summed E-state index contributed by atoms with van der Waals surface area (Å²) < 4.78 is 5.75. The van der Waals surface area contributed by atoms with Crippen LogP contribution >= 0.6 is 0 Å². The van der Waals surface area contributed by atoms with Crippen LogP contribution in [0.4, 0.5) is 0 Å². The Balaban J connectivity index is 2.25. The third kappa shape index (κ3) is 4.81. The van der Waals surface area contributed by atoms with Gasteiger partial charge in [-0.05, 0) is 46.7 Å². The maximum atomic E-state index is 5.75. The quantitative estimate of drug-likeness (QED) is 0.720. The molecule has 3 heteroatoms. The highest BCUT2D eigenvalue weighted by Gasteiger charge is 2.27. The molecule has 0 bridgehead atoms. The van der Waals surface area contributed by atoms with Gasteiger partial charge in [0.2, 0.25) is 0 Å². The smallest absolute Gasteiger partial charge is 0.0752 e. The van der Waals surface area contributed by atoms with Crippen LogP contribution in [0.5, 0.6) is 0 Å². The van der Waals surface area contributed by atoms with Crippen molar-refractivity contribution in [2.75, 3.05) is 32.8 Å². The molecular formula is C13H28N2O. The average Bonchev–Trinajstić information content (AvgIpc) is 2.61. The summed E-state index contributed by atoms with van der Waals surface area (Å²) in [5.41, 5.74) is -0.00556. The van der Waals surface area contributed by atoms with Crippen molar-refractivity contribution in [3.05, 3.63) is 0 Å². The molecule has 1 aliphatic heterocycles. The molecule has 0 spiro atoms. The molecule has 1 rings (SSSR count). The molecule has 3 nitrogen and oxygen atoms in total. The molecule has 1 fully saturated rings. The Morgan fingerprint density at radius 1 is 1.38 bits per heavy atom. The Morgan fingerprint density at radius 3 is 2.75 bits per heavy atom. The normalized spacial score (nSPS) is 22.9. The Labute approximate surface area is 101 Å². The zero-order chi connectivity index (χ0) is 12.0. The summed E-state index contributed by atoms with van der Waals surface area (Å²) >= 11 is 0. The van der Waals surface area contributed by atoms with Crippen LogP contribution in [-0.2, 0) is 4.74 Å². The average molecular weight is 228 g/mol. The van der Waals surface area contributed by atoms with E-state index in [2.05, 4.69) is 37.9 Å². The summed E-state index contributed by atoms with van der Waals surface area (Å²) in [5, 5.41) is 3.60. The van der Waals surface area contributed by atoms with Gasteiger partial charge in [0, 0.05) is 25.7 Å². The van der Waals surface area contributed by atoms with Gasteiger partial charge >= 0.3 is 0 Å². The number of nitrogens with one attached hydrogen (secondary N) is 1. The van der Waals surface area contributed by atoms with Crippen LogP contribution in [0.3, 0.4) is 0 Å². The van der Waals surface area contributed by atoms with Gasteiger partial charge in [-0.3, -0.25) is 4.90 Å². The first-order chi connectivity index (χ1) is 7.57. The molecule has 16 heavy (non-hydrogen) atoms. The highest BCUT2D eigenvalue weighted by atomic mass is 16.5. The van der Waals surface area contributed by atoms with E-state index in [-0.39, 0.29) is 5.60 Å². The van der Waals surface area contributed by atoms with Gasteiger partial charge in [-0.15, -0.1) is 0 Å². The number of nitrogens with zero attached hydrogens (tertiary/aromatic N) is 1. The summed E-state index contributed by atoms with van der Waals surface area (Å²) in [6.07, 6.45) is 2.50. The van der Waals surface area contributed by atoms with Crippen molar-refractivity contribution in [1.82, 2.24) is 10.2 Å². The second-order valence-electron chi connectivity index (χ2n) is 5.37. The van der Waals surface area contributed by atoms with Crippen LogP contribution in [0, 0.1) is 0 Å². The lowest BCUT2D eigenvalue weighted by molar-refractivity contribution is -0.0304. The molecule has 1 saturated heterocycles. The lowest BCUT2D eigenvalue weighted by Gasteiger charge is -2.30. The number of ether oxygens (including phenoxy) is 1. The van der Waals surface area contributed by atoms with Crippen molar-refractivity contribution in [1.29, 1.82) is 0 Å². The van der Waals surface area contributed by atoms with Gasteiger partial charge in [0.1, 0.15) is 0 Å². The van der Waals surface area contributed by atoms with Crippen LogP contribution in [0.15, 0.2) is 0 Å². The molecule has 0 radical (unpaired) electrons. The SMILES string of the molecule is CCCNC1CCN(CC(C)(C)OCC)C1. The minimum atomic E-state index is -0.00556. The molecule has 0 aromatic rings. The van der Waals surface area contributed by atoms with Gasteiger partial charge in [-0.2, -0.15) is 0 Å². The number of rotatable bonds is 7. The van der Waals surface area contributed by atoms with Crippen LogP contribution in [-0.4, -0.2) is 49.3 Å². The van der Waals surface area contributed by atoms with Crippen LogP contribution < -0.4 is 5.32 Å². The molecule has 1 aliphatic rings. The van der Waals surface area contributed by atoms with E-state index >= 15 is 0 Å². The minimum Gasteiger partial charge on any atom is -0.375 e. The van der Waals surface area contributed by atoms with E-state index in [4.69, 9.17) is 4.74 Å². The molecule has 1 heterocycles. The Morgan fingerprint density at radius 2 is 2.12 bits per heavy atom. The predicted molar refractivity (Wildman–Crippen MR) is 68.8 cm³/mol. The van der Waals surface area contributed by atoms with Crippen LogP contribution in [0.2, 0.25) is 0 Å². The molecule has 0 aliphatic carbocycles. The predicted octanol–water partition coefficient (Wildman–Crippen LogP) is 1.88. The molecule has 0 aromatic carbocycles. The Hall–Kier alpha value is -0.120. The summed E-state index contributed by atoms with van der Waals surface area (Å²) in [6, 6.07) is 0.692. The fourth-order valence-corrected chi connectivity index (χ4v) is 2.47. The lowest BCUT2D eigenvalue weighted by atomic mass is 10.1.